The van der Waals surface area contributed by atoms with Gasteiger partial charge in [-0.15, -0.1) is 0 Å². The van der Waals surface area contributed by atoms with Crippen LogP contribution in [0.2, 0.25) is 0 Å². The minimum Gasteiger partial charge on any atom is -0.394 e. The summed E-state index contributed by atoms with van der Waals surface area (Å²) < 4.78 is 0. The van der Waals surface area contributed by atoms with Crippen LogP contribution in [0.25, 0.3) is 6.08 Å². The van der Waals surface area contributed by atoms with Crippen LogP contribution in [0, 0.1) is 0 Å². The summed E-state index contributed by atoms with van der Waals surface area (Å²) >= 11 is 0. The molecule has 2 nitrogen and oxygen atoms in total. The van der Waals surface area contributed by atoms with E-state index in [1.807, 2.05) is 24.3 Å². The lowest BCUT2D eigenvalue weighted by Gasteiger charge is -2.11. The second-order valence-corrected chi connectivity index (χ2v) is 2.62. The van der Waals surface area contributed by atoms with Crippen molar-refractivity contribution in [2.24, 2.45) is 5.73 Å². The molecule has 0 saturated carbocycles. The van der Waals surface area contributed by atoms with E-state index in [0.717, 1.165) is 11.1 Å². The zero-order valence-corrected chi connectivity index (χ0v) is 6.90. The Labute approximate surface area is 72.3 Å². The highest BCUT2D eigenvalue weighted by molar-refractivity contribution is 5.52. The lowest BCUT2D eigenvalue weighted by atomic mass is 10.0. The molecule has 0 aliphatic heterocycles. The first kappa shape index (κ1) is 8.97. The molecule has 0 heterocycles. The molecule has 0 amide bonds. The highest BCUT2D eigenvalue weighted by Gasteiger charge is 2.06. The van der Waals surface area contributed by atoms with Gasteiger partial charge < -0.3 is 10.8 Å². The third kappa shape index (κ3) is 1.72. The van der Waals surface area contributed by atoms with Crippen molar-refractivity contribution in [1.82, 2.24) is 0 Å². The third-order valence-corrected chi connectivity index (χ3v) is 1.81. The van der Waals surface area contributed by atoms with Crippen LogP contribution < -0.4 is 5.73 Å². The molecule has 3 N–H and O–H groups in total. The fourth-order valence-electron chi connectivity index (χ4n) is 1.13. The highest BCUT2D eigenvalue weighted by atomic mass is 16.3. The maximum atomic E-state index is 8.85. The number of hydrogen-bond acceptors (Lipinski definition) is 2. The average molecular weight is 163 g/mol. The van der Waals surface area contributed by atoms with Crippen LogP contribution in [0.3, 0.4) is 0 Å². The standard InChI is InChI=1S/C10H13NO/c1-2-8-5-3-4-6-9(8)10(11)7-12/h2-6,10,12H,1,7,11H2/t10-/m0/s1. The van der Waals surface area contributed by atoms with Crippen molar-refractivity contribution >= 4 is 6.08 Å². The highest BCUT2D eigenvalue weighted by Crippen LogP contribution is 2.16. The minimum atomic E-state index is -0.306. The topological polar surface area (TPSA) is 46.2 Å². The fourth-order valence-corrected chi connectivity index (χ4v) is 1.13. The molecule has 64 valence electrons. The lowest BCUT2D eigenvalue weighted by Crippen LogP contribution is -2.15. The zero-order valence-electron chi connectivity index (χ0n) is 6.90. The monoisotopic (exact) mass is 163 g/mol. The Kier molecular flexibility index (Phi) is 3.02. The Bertz CT molecular complexity index is 270. The largest absolute Gasteiger partial charge is 0.394 e. The van der Waals surface area contributed by atoms with Crippen molar-refractivity contribution in [2.75, 3.05) is 6.61 Å². The summed E-state index contributed by atoms with van der Waals surface area (Å²) in [5.41, 5.74) is 7.60. The SMILES string of the molecule is C=Cc1ccccc1[C@@H](N)CO. The second-order valence-electron chi connectivity index (χ2n) is 2.62. The van der Waals surface area contributed by atoms with Crippen LogP contribution in [-0.2, 0) is 0 Å². The van der Waals surface area contributed by atoms with Crippen LogP contribution in [-0.4, -0.2) is 11.7 Å². The van der Waals surface area contributed by atoms with Gasteiger partial charge in [-0.05, 0) is 11.1 Å². The summed E-state index contributed by atoms with van der Waals surface area (Å²) in [6.45, 7) is 3.63. The Morgan fingerprint density at radius 3 is 2.75 bits per heavy atom. The van der Waals surface area contributed by atoms with Crippen molar-refractivity contribution in [3.63, 3.8) is 0 Å². The third-order valence-electron chi connectivity index (χ3n) is 1.81. The molecular weight excluding hydrogens is 150 g/mol. The van der Waals surface area contributed by atoms with E-state index in [-0.39, 0.29) is 12.6 Å². The molecule has 1 aromatic rings. The van der Waals surface area contributed by atoms with Crippen molar-refractivity contribution in [3.8, 4) is 0 Å². The zero-order chi connectivity index (χ0) is 8.97. The quantitative estimate of drug-likeness (QED) is 0.706. The maximum absolute atomic E-state index is 8.85. The first-order valence-electron chi connectivity index (χ1n) is 3.87. The maximum Gasteiger partial charge on any atom is 0.0624 e. The van der Waals surface area contributed by atoms with E-state index in [1.165, 1.54) is 0 Å². The molecule has 0 aromatic heterocycles. The molecule has 1 rings (SSSR count). The van der Waals surface area contributed by atoms with Crippen molar-refractivity contribution < 1.29 is 5.11 Å². The van der Waals surface area contributed by atoms with E-state index in [2.05, 4.69) is 6.58 Å². The molecule has 12 heavy (non-hydrogen) atoms. The Balaban J connectivity index is 3.04. The molecule has 0 aliphatic rings. The molecule has 0 radical (unpaired) electrons. The van der Waals surface area contributed by atoms with E-state index in [1.54, 1.807) is 6.08 Å². The van der Waals surface area contributed by atoms with E-state index >= 15 is 0 Å². The predicted molar refractivity (Wildman–Crippen MR) is 50.5 cm³/mol. The number of aliphatic hydroxyl groups is 1. The van der Waals surface area contributed by atoms with Gasteiger partial charge in [0.2, 0.25) is 0 Å². The average Bonchev–Trinajstić information content (AvgIpc) is 2.16. The van der Waals surface area contributed by atoms with Gasteiger partial charge >= 0.3 is 0 Å². The molecule has 1 aromatic carbocycles. The summed E-state index contributed by atoms with van der Waals surface area (Å²) in [5, 5.41) is 8.85. The predicted octanol–water partition coefficient (Wildman–Crippen LogP) is 1.32. The lowest BCUT2D eigenvalue weighted by molar-refractivity contribution is 0.268. The Morgan fingerprint density at radius 1 is 1.50 bits per heavy atom. The van der Waals surface area contributed by atoms with Crippen LogP contribution >= 0.6 is 0 Å². The van der Waals surface area contributed by atoms with E-state index < -0.39 is 0 Å². The first-order valence-corrected chi connectivity index (χ1v) is 3.87. The smallest absolute Gasteiger partial charge is 0.0624 e. The molecule has 1 atom stereocenters. The number of benzene rings is 1. The normalized spacial score (nSPS) is 12.5. The molecule has 0 spiro atoms. The van der Waals surface area contributed by atoms with Crippen LogP contribution in [0.15, 0.2) is 30.8 Å². The van der Waals surface area contributed by atoms with Gasteiger partial charge in [-0.3, -0.25) is 0 Å². The fraction of sp³-hybridized carbons (Fsp3) is 0.200. The number of hydrogen-bond donors (Lipinski definition) is 2. The van der Waals surface area contributed by atoms with E-state index in [4.69, 9.17) is 10.8 Å². The summed E-state index contributed by atoms with van der Waals surface area (Å²) in [6.07, 6.45) is 1.74. The molecule has 0 fully saturated rings. The van der Waals surface area contributed by atoms with Crippen LogP contribution in [0.1, 0.15) is 17.2 Å². The number of rotatable bonds is 3. The van der Waals surface area contributed by atoms with Gasteiger partial charge in [0.1, 0.15) is 0 Å². The van der Waals surface area contributed by atoms with Crippen LogP contribution in [0.5, 0.6) is 0 Å². The van der Waals surface area contributed by atoms with Gasteiger partial charge in [-0.1, -0.05) is 36.9 Å². The summed E-state index contributed by atoms with van der Waals surface area (Å²) in [6, 6.07) is 7.34. The van der Waals surface area contributed by atoms with Gasteiger partial charge in [-0.2, -0.15) is 0 Å². The van der Waals surface area contributed by atoms with Crippen molar-refractivity contribution in [2.45, 2.75) is 6.04 Å². The van der Waals surface area contributed by atoms with Gasteiger partial charge in [0.05, 0.1) is 12.6 Å². The van der Waals surface area contributed by atoms with E-state index in [9.17, 15) is 0 Å². The number of nitrogens with two attached hydrogens (primary N) is 1. The summed E-state index contributed by atoms with van der Waals surface area (Å²) in [4.78, 5) is 0. The molecule has 0 aliphatic carbocycles. The summed E-state index contributed by atoms with van der Waals surface area (Å²) in [7, 11) is 0. The van der Waals surface area contributed by atoms with E-state index in [0.29, 0.717) is 0 Å². The first-order chi connectivity index (χ1) is 5.79. The van der Waals surface area contributed by atoms with Crippen molar-refractivity contribution in [1.29, 1.82) is 0 Å². The van der Waals surface area contributed by atoms with Gasteiger partial charge in [-0.25, -0.2) is 0 Å². The molecule has 0 unspecified atom stereocenters. The van der Waals surface area contributed by atoms with Gasteiger partial charge in [0, 0.05) is 0 Å². The van der Waals surface area contributed by atoms with Crippen molar-refractivity contribution in [3.05, 3.63) is 42.0 Å². The Morgan fingerprint density at radius 2 is 2.17 bits per heavy atom. The molecule has 0 bridgehead atoms. The second kappa shape index (κ2) is 4.04. The molecule has 2 heteroatoms. The van der Waals surface area contributed by atoms with Crippen LogP contribution in [0.4, 0.5) is 0 Å². The molecule has 0 saturated heterocycles. The molecular formula is C10H13NO. The summed E-state index contributed by atoms with van der Waals surface area (Å²) in [5.74, 6) is 0. The minimum absolute atomic E-state index is 0.0369. The van der Waals surface area contributed by atoms with Gasteiger partial charge in [0.15, 0.2) is 0 Å². The Hall–Kier alpha value is -1.12. The van der Waals surface area contributed by atoms with Gasteiger partial charge in [0.25, 0.3) is 0 Å². The number of aliphatic hydroxyl groups excluding tert-OH is 1.